The van der Waals surface area contributed by atoms with Crippen molar-refractivity contribution >= 4 is 87.0 Å². The summed E-state index contributed by atoms with van der Waals surface area (Å²) in [6, 6.07) is 17.6. The largest absolute Gasteiger partial charge is 0.465 e. The number of para-hydroxylation sites is 2. The van der Waals surface area contributed by atoms with Crippen molar-refractivity contribution in [3.05, 3.63) is 117 Å². The van der Waals surface area contributed by atoms with Crippen LogP contribution in [-0.4, -0.2) is 112 Å². The third kappa shape index (κ3) is 7.85. The average molecular weight is 1010 g/mol. The monoisotopic (exact) mass is 1010 g/mol. The molecule has 0 N–H and O–H groups in total. The molecular formula is C53H50N6O15. The highest BCUT2D eigenvalue weighted by Crippen LogP contribution is 2.60. The number of carbonyl (C=O) groups excluding carboxylic acids is 8. The number of anilines is 3. The van der Waals surface area contributed by atoms with Gasteiger partial charge in [0.25, 0.3) is 5.91 Å². The van der Waals surface area contributed by atoms with Crippen molar-refractivity contribution < 1.29 is 66.5 Å². The van der Waals surface area contributed by atoms with Crippen molar-refractivity contribution in [2.75, 3.05) is 31.1 Å². The van der Waals surface area contributed by atoms with Crippen molar-refractivity contribution in [2.24, 2.45) is 0 Å². The number of piperazine rings is 1. The van der Waals surface area contributed by atoms with E-state index < -0.39 is 98.7 Å². The molecular weight excluding hydrogens is 961 g/mol. The van der Waals surface area contributed by atoms with Gasteiger partial charge in [-0.1, -0.05) is 36.4 Å². The molecule has 5 aliphatic rings. The van der Waals surface area contributed by atoms with Gasteiger partial charge in [-0.25, -0.2) is 29.0 Å². The normalized spacial score (nSPS) is 17.5. The molecule has 5 heterocycles. The average Bonchev–Trinajstić information content (AvgIpc) is 3.97. The van der Waals surface area contributed by atoms with Crippen molar-refractivity contribution in [3.63, 3.8) is 0 Å². The molecule has 4 aliphatic heterocycles. The molecule has 2 atom stereocenters. The van der Waals surface area contributed by atoms with Gasteiger partial charge in [-0.05, 0) is 104 Å². The first kappa shape index (κ1) is 50.1. The Kier molecular flexibility index (Phi) is 11.6. The van der Waals surface area contributed by atoms with Crippen LogP contribution < -0.4 is 15.2 Å². The number of hydrogen-bond acceptors (Lipinski definition) is 17. The molecule has 9 rings (SSSR count). The number of amides is 5. The van der Waals surface area contributed by atoms with Gasteiger partial charge in [0.15, 0.2) is 11.3 Å². The number of imide groups is 2. The maximum absolute atomic E-state index is 14.6. The molecule has 1 fully saturated rings. The number of rotatable bonds is 5. The second-order valence-corrected chi connectivity index (χ2v) is 20.7. The van der Waals surface area contributed by atoms with Gasteiger partial charge in [-0.3, -0.25) is 33.5 Å². The second kappa shape index (κ2) is 17.1. The van der Waals surface area contributed by atoms with Gasteiger partial charge in [-0.2, -0.15) is 4.90 Å². The maximum Gasteiger partial charge on any atom is 0.424 e. The zero-order valence-electron chi connectivity index (χ0n) is 42.4. The van der Waals surface area contributed by atoms with E-state index in [9.17, 15) is 43.2 Å². The zero-order valence-corrected chi connectivity index (χ0v) is 42.4. The molecule has 3 aromatic carbocycles. The number of methoxy groups -OCH3 is 2. The summed E-state index contributed by atoms with van der Waals surface area (Å²) in [5.74, 6) is -5.72. The Labute approximate surface area is 422 Å². The topological polar surface area (TPSA) is 244 Å². The zero-order chi connectivity index (χ0) is 53.9. The molecule has 1 saturated heterocycles. The summed E-state index contributed by atoms with van der Waals surface area (Å²) in [6.45, 7) is 14.2. The van der Waals surface area contributed by atoms with Crippen LogP contribution in [0.5, 0.6) is 0 Å². The van der Waals surface area contributed by atoms with Gasteiger partial charge >= 0.3 is 42.0 Å². The van der Waals surface area contributed by atoms with E-state index in [2.05, 4.69) is 0 Å². The van der Waals surface area contributed by atoms with Gasteiger partial charge < -0.3 is 33.0 Å². The summed E-state index contributed by atoms with van der Waals surface area (Å²) in [5, 5.41) is 0.505. The SMILES string of the molecule is COC(=O)c1c2nc3c(C(=O)OC)c(N4c5ccccc5[C@@]5(c6cn(C(=O)OC(C)(C)C)c7ccccc67)C=C6C(=O)N(C)C(=O)C(=O)N6[C@@H]45)ccc3oc-2cc(=O)c1N(C(=O)OC(C)(C)C)C(=O)OC(C)(C)C. The van der Waals surface area contributed by atoms with Gasteiger partial charge in [0, 0.05) is 30.4 Å². The lowest BCUT2D eigenvalue weighted by molar-refractivity contribution is -0.159. The van der Waals surface area contributed by atoms with Crippen molar-refractivity contribution in [3.8, 4) is 11.5 Å². The molecule has 382 valence electrons. The van der Waals surface area contributed by atoms with Crippen LogP contribution in [0, 0.1) is 0 Å². The highest BCUT2D eigenvalue weighted by atomic mass is 16.6. The molecule has 0 saturated carbocycles. The second-order valence-electron chi connectivity index (χ2n) is 20.7. The summed E-state index contributed by atoms with van der Waals surface area (Å²) >= 11 is 0. The molecule has 1 aliphatic carbocycles. The molecule has 5 amide bonds. The lowest BCUT2D eigenvalue weighted by Crippen LogP contribution is -2.60. The van der Waals surface area contributed by atoms with Crippen LogP contribution in [0.25, 0.3) is 33.5 Å². The first-order valence-corrected chi connectivity index (χ1v) is 23.1. The van der Waals surface area contributed by atoms with Gasteiger partial charge in [0.2, 0.25) is 5.43 Å². The van der Waals surface area contributed by atoms with Crippen LogP contribution in [0.3, 0.4) is 0 Å². The summed E-state index contributed by atoms with van der Waals surface area (Å²) in [6.07, 6.45) is -1.82. The van der Waals surface area contributed by atoms with E-state index in [1.807, 2.05) is 0 Å². The predicted molar refractivity (Wildman–Crippen MR) is 264 cm³/mol. The molecule has 21 heteroatoms. The van der Waals surface area contributed by atoms with Crippen LogP contribution in [0.4, 0.5) is 31.4 Å². The van der Waals surface area contributed by atoms with E-state index in [-0.39, 0.29) is 38.7 Å². The van der Waals surface area contributed by atoms with E-state index in [0.29, 0.717) is 32.6 Å². The van der Waals surface area contributed by atoms with Crippen LogP contribution in [0.1, 0.15) is 94.2 Å². The van der Waals surface area contributed by atoms with E-state index >= 15 is 0 Å². The fraction of sp³-hybridized carbons (Fsp3) is 0.321. The standard InChI is InChI=1S/C53H50N6O15/c1-50(2,3)72-47(66)56-25-28(26-17-13-15-19-29(26)56)53-24-32-41(61)55(10)42(62)43(63)58(32)46(53)57(30-20-16-14-18-27(30)53)31-21-22-34-38(36(31)44(64)69-11)54-39-35(71-34)23-33(60)40(37(39)45(65)70-12)59(48(67)73-51(4,5)6)49(68)74-52(7,8)9/h13-25,46H,1-12H3/t46-,53-/m1/s1. The molecule has 0 unspecified atom stereocenters. The third-order valence-electron chi connectivity index (χ3n) is 12.3. The molecule has 0 bridgehead atoms. The van der Waals surface area contributed by atoms with Crippen LogP contribution >= 0.6 is 0 Å². The maximum atomic E-state index is 14.6. The Balaban J connectivity index is 1.37. The molecule has 74 heavy (non-hydrogen) atoms. The highest BCUT2D eigenvalue weighted by Gasteiger charge is 2.64. The number of aromatic nitrogens is 2. The fourth-order valence-electron chi connectivity index (χ4n) is 9.57. The molecule has 4 aromatic rings. The summed E-state index contributed by atoms with van der Waals surface area (Å²) in [5.41, 5.74) is -7.59. The molecule has 1 aromatic heterocycles. The Morgan fingerprint density at radius 1 is 0.676 bits per heavy atom. The number of ether oxygens (including phenoxy) is 5. The minimum atomic E-state index is -1.62. The number of nitrogens with zero attached hydrogens (tertiary/aromatic N) is 6. The van der Waals surface area contributed by atoms with E-state index in [4.69, 9.17) is 33.1 Å². The van der Waals surface area contributed by atoms with E-state index in [1.165, 1.54) is 65.3 Å². The molecule has 21 nitrogen and oxygen atoms in total. The van der Waals surface area contributed by atoms with Crippen molar-refractivity contribution in [1.82, 2.24) is 19.4 Å². The van der Waals surface area contributed by atoms with Gasteiger partial charge in [-0.15, -0.1) is 0 Å². The van der Waals surface area contributed by atoms with Crippen molar-refractivity contribution in [2.45, 2.75) is 90.7 Å². The third-order valence-corrected chi connectivity index (χ3v) is 12.3. The number of benzene rings is 4. The number of hydrogen-bond donors (Lipinski definition) is 0. The minimum Gasteiger partial charge on any atom is -0.465 e. The summed E-state index contributed by atoms with van der Waals surface area (Å²) in [7, 11) is 3.26. The highest BCUT2D eigenvalue weighted by molar-refractivity contribution is 6.42. The number of carbonyl (C=O) groups is 8. The first-order chi connectivity index (χ1) is 34.6. The predicted octanol–water partition coefficient (Wildman–Crippen LogP) is 7.77. The summed E-state index contributed by atoms with van der Waals surface area (Å²) < 4.78 is 35.1. The van der Waals surface area contributed by atoms with Crippen molar-refractivity contribution in [1.29, 1.82) is 0 Å². The Morgan fingerprint density at radius 3 is 1.89 bits per heavy atom. The van der Waals surface area contributed by atoms with Crippen LogP contribution in [0.15, 0.2) is 93.9 Å². The summed E-state index contributed by atoms with van der Waals surface area (Å²) in [4.78, 5) is 136. The van der Waals surface area contributed by atoms with Crippen LogP contribution in [-0.2, 0) is 43.5 Å². The van der Waals surface area contributed by atoms with Gasteiger partial charge in [0.05, 0.1) is 30.8 Å². The number of likely N-dealkylation sites (N-methyl/N-ethyl adjacent to an activating group) is 1. The first-order valence-electron chi connectivity index (χ1n) is 23.1. The Hall–Kier alpha value is -8.88. The van der Waals surface area contributed by atoms with Crippen LogP contribution in [0.2, 0.25) is 0 Å². The quantitative estimate of drug-likeness (QED) is 0.0526. The lowest BCUT2D eigenvalue weighted by atomic mass is 9.74. The number of fused-ring (bicyclic) bond motifs is 8. The van der Waals surface area contributed by atoms with E-state index in [0.717, 1.165) is 25.2 Å². The minimum absolute atomic E-state index is 0.0349. The number of esters is 2. The fourth-order valence-corrected chi connectivity index (χ4v) is 9.57. The van der Waals surface area contributed by atoms with E-state index in [1.54, 1.807) is 86.5 Å². The smallest absolute Gasteiger partial charge is 0.424 e. The molecule has 0 spiro atoms. The van der Waals surface area contributed by atoms with Gasteiger partial charge in [0.1, 0.15) is 56.7 Å². The molecule has 0 radical (unpaired) electrons. The Bertz CT molecular complexity index is 3520. The Morgan fingerprint density at radius 2 is 1.27 bits per heavy atom. The lowest BCUT2D eigenvalue weighted by Gasteiger charge is -2.41.